The molecule has 144 valence electrons. The normalized spacial score (nSPS) is 10.6. The van der Waals surface area contributed by atoms with Gasteiger partial charge in [0.15, 0.2) is 16.8 Å². The van der Waals surface area contributed by atoms with Crippen molar-refractivity contribution in [2.45, 2.75) is 0 Å². The molecule has 0 atom stereocenters. The molecular weight excluding hydrogens is 394 g/mol. The van der Waals surface area contributed by atoms with Crippen LogP contribution in [0.4, 0.5) is 25.3 Å². The van der Waals surface area contributed by atoms with Crippen molar-refractivity contribution in [1.29, 1.82) is 0 Å². The molecule has 0 saturated carbocycles. The lowest BCUT2D eigenvalue weighted by Gasteiger charge is -2.07. The van der Waals surface area contributed by atoms with Crippen LogP contribution in [0.1, 0.15) is 10.4 Å². The Bertz CT molecular complexity index is 1150. The molecule has 0 bridgehead atoms. The van der Waals surface area contributed by atoms with E-state index in [-0.39, 0.29) is 5.56 Å². The first-order valence-corrected chi connectivity index (χ1v) is 9.46. The fourth-order valence-electron chi connectivity index (χ4n) is 2.59. The van der Waals surface area contributed by atoms with Crippen LogP contribution < -0.4 is 10.6 Å². The number of rotatable bonds is 5. The van der Waals surface area contributed by atoms with Gasteiger partial charge in [-0.1, -0.05) is 0 Å². The quantitative estimate of drug-likeness (QED) is 0.459. The highest BCUT2D eigenvalue weighted by Gasteiger charge is 2.10. The van der Waals surface area contributed by atoms with E-state index in [1.807, 2.05) is 17.5 Å². The van der Waals surface area contributed by atoms with Crippen molar-refractivity contribution in [3.63, 3.8) is 0 Å². The molecule has 29 heavy (non-hydrogen) atoms. The molecule has 2 heterocycles. The molecule has 4 rings (SSSR count). The van der Waals surface area contributed by atoms with Gasteiger partial charge in [0.2, 0.25) is 0 Å². The predicted molar refractivity (Wildman–Crippen MR) is 109 cm³/mol. The maximum absolute atomic E-state index is 13.3. The van der Waals surface area contributed by atoms with Crippen LogP contribution in [0.3, 0.4) is 0 Å². The third-order valence-electron chi connectivity index (χ3n) is 4.06. The van der Waals surface area contributed by atoms with Crippen molar-refractivity contribution >= 4 is 33.8 Å². The van der Waals surface area contributed by atoms with Gasteiger partial charge in [-0.15, -0.1) is 11.3 Å². The molecule has 0 saturated heterocycles. The summed E-state index contributed by atoms with van der Waals surface area (Å²) < 4.78 is 26.3. The second-order valence-corrected chi connectivity index (χ2v) is 6.92. The fraction of sp³-hybridized carbons (Fsp3) is 0. The second kappa shape index (κ2) is 8.15. The van der Waals surface area contributed by atoms with E-state index in [1.54, 1.807) is 36.7 Å². The van der Waals surface area contributed by atoms with Crippen molar-refractivity contribution in [2.24, 2.45) is 0 Å². The Morgan fingerprint density at radius 2 is 1.62 bits per heavy atom. The summed E-state index contributed by atoms with van der Waals surface area (Å²) >= 11 is 1.48. The van der Waals surface area contributed by atoms with Gasteiger partial charge in [-0.25, -0.2) is 13.8 Å². The van der Waals surface area contributed by atoms with Crippen molar-refractivity contribution in [1.82, 2.24) is 9.97 Å². The van der Waals surface area contributed by atoms with E-state index in [9.17, 15) is 13.6 Å². The number of carbonyl (C=O) groups excluding carboxylic acids is 1. The van der Waals surface area contributed by atoms with Gasteiger partial charge >= 0.3 is 0 Å². The number of benzene rings is 2. The fourth-order valence-corrected chi connectivity index (χ4v) is 3.33. The van der Waals surface area contributed by atoms with Crippen molar-refractivity contribution in [3.8, 4) is 11.3 Å². The molecule has 0 aliphatic heterocycles. The summed E-state index contributed by atoms with van der Waals surface area (Å²) in [6, 6.07) is 13.8. The summed E-state index contributed by atoms with van der Waals surface area (Å²) in [5.41, 5.74) is 3.21. The molecule has 0 radical (unpaired) electrons. The van der Waals surface area contributed by atoms with Crippen molar-refractivity contribution in [3.05, 3.63) is 89.6 Å². The van der Waals surface area contributed by atoms with Gasteiger partial charge < -0.3 is 10.6 Å². The van der Waals surface area contributed by atoms with Crippen LogP contribution in [0.5, 0.6) is 0 Å². The van der Waals surface area contributed by atoms with Gasteiger partial charge in [0, 0.05) is 40.3 Å². The van der Waals surface area contributed by atoms with Gasteiger partial charge in [0.05, 0.1) is 5.69 Å². The summed E-state index contributed by atoms with van der Waals surface area (Å²) in [7, 11) is 0. The van der Waals surface area contributed by atoms with Gasteiger partial charge in [-0.2, -0.15) is 0 Å². The predicted octanol–water partition coefficient (Wildman–Crippen LogP) is 5.48. The van der Waals surface area contributed by atoms with Crippen LogP contribution in [0.15, 0.2) is 72.4 Å². The Morgan fingerprint density at radius 1 is 0.897 bits per heavy atom. The van der Waals surface area contributed by atoms with E-state index >= 15 is 0 Å². The first-order valence-electron chi connectivity index (χ1n) is 8.58. The molecule has 2 aromatic heterocycles. The molecule has 0 unspecified atom stereocenters. The first kappa shape index (κ1) is 18.7. The number of amides is 1. The first-order chi connectivity index (χ1) is 14.1. The number of hydrogen-bond acceptors (Lipinski definition) is 5. The summed E-state index contributed by atoms with van der Waals surface area (Å²) in [5.74, 6) is -2.58. The lowest BCUT2D eigenvalue weighted by Crippen LogP contribution is -2.12. The number of halogens is 2. The lowest BCUT2D eigenvalue weighted by atomic mass is 10.2. The zero-order chi connectivity index (χ0) is 20.2. The summed E-state index contributed by atoms with van der Waals surface area (Å²) in [5, 5.41) is 8.54. The SMILES string of the molecule is O=C(Nc1ccc(Nc2nc(-c3ccncc3)cs2)cc1)c1ccc(F)c(F)c1. The molecular formula is C21H14F2N4OS. The van der Waals surface area contributed by atoms with Crippen LogP contribution in [0.2, 0.25) is 0 Å². The van der Waals surface area contributed by atoms with Gasteiger partial charge in [0.25, 0.3) is 5.91 Å². The summed E-state index contributed by atoms with van der Waals surface area (Å²) in [6.07, 6.45) is 3.43. The van der Waals surface area contributed by atoms with Gasteiger partial charge in [-0.3, -0.25) is 9.78 Å². The molecule has 0 aliphatic carbocycles. The zero-order valence-electron chi connectivity index (χ0n) is 14.9. The van der Waals surface area contributed by atoms with Crippen LogP contribution in [-0.4, -0.2) is 15.9 Å². The maximum Gasteiger partial charge on any atom is 0.255 e. The Labute approximate surface area is 169 Å². The van der Waals surface area contributed by atoms with Crippen LogP contribution in [0, 0.1) is 11.6 Å². The van der Waals surface area contributed by atoms with E-state index in [1.165, 1.54) is 17.4 Å². The number of hydrogen-bond donors (Lipinski definition) is 2. The highest BCUT2D eigenvalue weighted by Crippen LogP contribution is 2.27. The number of anilines is 3. The van der Waals surface area contributed by atoms with Crippen LogP contribution in [-0.2, 0) is 0 Å². The van der Waals surface area contributed by atoms with Crippen molar-refractivity contribution < 1.29 is 13.6 Å². The number of carbonyl (C=O) groups is 1. The smallest absolute Gasteiger partial charge is 0.255 e. The van der Waals surface area contributed by atoms with Gasteiger partial charge in [-0.05, 0) is 54.6 Å². The number of thiazole rings is 1. The van der Waals surface area contributed by atoms with Crippen LogP contribution in [0.25, 0.3) is 11.3 Å². The Kier molecular flexibility index (Phi) is 5.26. The van der Waals surface area contributed by atoms with E-state index in [0.29, 0.717) is 5.69 Å². The minimum atomic E-state index is -1.06. The van der Waals surface area contributed by atoms with E-state index in [0.717, 1.165) is 34.2 Å². The average molecular weight is 408 g/mol. The molecule has 0 aliphatic rings. The topological polar surface area (TPSA) is 66.9 Å². The Morgan fingerprint density at radius 3 is 2.34 bits per heavy atom. The molecule has 2 aromatic carbocycles. The van der Waals surface area contributed by atoms with Crippen molar-refractivity contribution in [2.75, 3.05) is 10.6 Å². The molecule has 8 heteroatoms. The molecule has 5 nitrogen and oxygen atoms in total. The lowest BCUT2D eigenvalue weighted by molar-refractivity contribution is 0.102. The van der Waals surface area contributed by atoms with Gasteiger partial charge in [0.1, 0.15) is 0 Å². The second-order valence-electron chi connectivity index (χ2n) is 6.06. The number of pyridine rings is 1. The zero-order valence-corrected chi connectivity index (χ0v) is 15.7. The number of nitrogens with zero attached hydrogens (tertiary/aromatic N) is 2. The standard InChI is InChI=1S/C21H14F2N4OS/c22-17-6-1-14(11-18(17)23)20(28)25-15-2-4-16(5-3-15)26-21-27-19(12-29-21)13-7-9-24-10-8-13/h1-12H,(H,25,28)(H,26,27). The molecule has 0 spiro atoms. The van der Waals surface area contributed by atoms with E-state index < -0.39 is 17.5 Å². The highest BCUT2D eigenvalue weighted by atomic mass is 32.1. The van der Waals surface area contributed by atoms with Crippen LogP contribution >= 0.6 is 11.3 Å². The minimum Gasteiger partial charge on any atom is -0.332 e. The summed E-state index contributed by atoms with van der Waals surface area (Å²) in [4.78, 5) is 20.7. The summed E-state index contributed by atoms with van der Waals surface area (Å²) in [6.45, 7) is 0. The van der Waals surface area contributed by atoms with E-state index in [4.69, 9.17) is 0 Å². The van der Waals surface area contributed by atoms with E-state index in [2.05, 4.69) is 20.6 Å². The number of nitrogens with one attached hydrogen (secondary N) is 2. The number of aromatic nitrogens is 2. The Balaban J connectivity index is 1.41. The largest absolute Gasteiger partial charge is 0.332 e. The molecule has 4 aromatic rings. The highest BCUT2D eigenvalue weighted by molar-refractivity contribution is 7.14. The minimum absolute atomic E-state index is 0.0394. The molecule has 0 fully saturated rings. The Hall–Kier alpha value is -3.65. The molecule has 2 N–H and O–H groups in total. The maximum atomic E-state index is 13.3. The monoisotopic (exact) mass is 408 g/mol. The average Bonchev–Trinajstić information content (AvgIpc) is 3.20. The molecule has 1 amide bonds. The third kappa shape index (κ3) is 4.44. The third-order valence-corrected chi connectivity index (χ3v) is 4.81.